The summed E-state index contributed by atoms with van der Waals surface area (Å²) in [4.78, 5) is 2.54. The van der Waals surface area contributed by atoms with Gasteiger partial charge in [0.2, 0.25) is 0 Å². The molecule has 1 fully saturated rings. The van der Waals surface area contributed by atoms with E-state index in [0.717, 1.165) is 13.1 Å². The van der Waals surface area contributed by atoms with Crippen molar-refractivity contribution in [1.82, 2.24) is 14.7 Å². The first kappa shape index (κ1) is 16.2. The van der Waals surface area contributed by atoms with Crippen molar-refractivity contribution in [3.05, 3.63) is 48.8 Å². The summed E-state index contributed by atoms with van der Waals surface area (Å²) in [6.45, 7) is 3.33. The Bertz CT molecular complexity index is 701. The van der Waals surface area contributed by atoms with Crippen molar-refractivity contribution in [2.45, 2.75) is 17.5 Å². The minimum absolute atomic E-state index is 0.0445. The highest BCUT2D eigenvalue weighted by atomic mass is 32.2. The van der Waals surface area contributed by atoms with E-state index in [9.17, 15) is 8.42 Å². The van der Waals surface area contributed by atoms with Crippen molar-refractivity contribution < 1.29 is 13.2 Å². The fraction of sp³-hybridized carbons (Fsp3) is 0.438. The first-order valence-electron chi connectivity index (χ1n) is 7.73. The highest BCUT2D eigenvalue weighted by Crippen LogP contribution is 2.12. The molecule has 124 valence electrons. The third-order valence-corrected chi connectivity index (χ3v) is 5.66. The van der Waals surface area contributed by atoms with Gasteiger partial charge in [-0.05, 0) is 18.2 Å². The molecule has 6 nitrogen and oxygen atoms in total. The molecule has 3 rings (SSSR count). The maximum Gasteiger partial charge on any atom is 0.179 e. The van der Waals surface area contributed by atoms with E-state index in [4.69, 9.17) is 4.74 Å². The van der Waals surface area contributed by atoms with Crippen LogP contribution >= 0.6 is 0 Å². The topological polar surface area (TPSA) is 64.4 Å². The normalized spacial score (nSPS) is 19.7. The summed E-state index contributed by atoms with van der Waals surface area (Å²) in [7, 11) is -3.23. The van der Waals surface area contributed by atoms with Gasteiger partial charge in [0, 0.05) is 32.0 Å². The van der Waals surface area contributed by atoms with Crippen molar-refractivity contribution >= 4 is 9.84 Å². The summed E-state index contributed by atoms with van der Waals surface area (Å²) >= 11 is 0. The average Bonchev–Trinajstić information content (AvgIpc) is 3.07. The summed E-state index contributed by atoms with van der Waals surface area (Å²) in [5.74, 6) is 0.130. The zero-order chi connectivity index (χ0) is 16.1. The van der Waals surface area contributed by atoms with E-state index in [2.05, 4.69) is 10.00 Å². The van der Waals surface area contributed by atoms with Gasteiger partial charge in [-0.2, -0.15) is 5.10 Å². The Morgan fingerprint density at radius 1 is 1.22 bits per heavy atom. The summed E-state index contributed by atoms with van der Waals surface area (Å²) in [5, 5.41) is 4.18. The molecular weight excluding hydrogens is 314 g/mol. The van der Waals surface area contributed by atoms with Gasteiger partial charge in [0.15, 0.2) is 9.84 Å². The number of aromatic nitrogens is 2. The maximum absolute atomic E-state index is 12.3. The smallest absolute Gasteiger partial charge is 0.179 e. The predicted molar refractivity (Wildman–Crippen MR) is 86.9 cm³/mol. The minimum Gasteiger partial charge on any atom is -0.374 e. The van der Waals surface area contributed by atoms with Crippen LogP contribution in [0.1, 0.15) is 0 Å². The number of hydrogen-bond donors (Lipinski definition) is 0. The largest absolute Gasteiger partial charge is 0.374 e. The van der Waals surface area contributed by atoms with Crippen molar-refractivity contribution in [2.75, 3.05) is 32.0 Å². The molecule has 7 heteroatoms. The fourth-order valence-corrected chi connectivity index (χ4v) is 4.01. The molecule has 0 spiro atoms. The molecule has 23 heavy (non-hydrogen) atoms. The molecule has 1 aromatic carbocycles. The second-order valence-corrected chi connectivity index (χ2v) is 7.76. The molecule has 2 heterocycles. The lowest BCUT2D eigenvalue weighted by Gasteiger charge is -2.32. The monoisotopic (exact) mass is 335 g/mol. The van der Waals surface area contributed by atoms with Gasteiger partial charge in [-0.15, -0.1) is 0 Å². The number of sulfone groups is 1. The predicted octanol–water partition coefficient (Wildman–Crippen LogP) is 1.06. The van der Waals surface area contributed by atoms with Crippen LogP contribution in [0, 0.1) is 0 Å². The van der Waals surface area contributed by atoms with Gasteiger partial charge in [-0.3, -0.25) is 9.58 Å². The van der Waals surface area contributed by atoms with E-state index in [1.807, 2.05) is 23.0 Å². The van der Waals surface area contributed by atoms with Crippen LogP contribution in [0.15, 0.2) is 53.7 Å². The highest BCUT2D eigenvalue weighted by molar-refractivity contribution is 7.91. The zero-order valence-corrected chi connectivity index (χ0v) is 13.7. The molecule has 2 aromatic rings. The first-order valence-corrected chi connectivity index (χ1v) is 9.38. The summed E-state index contributed by atoms with van der Waals surface area (Å²) in [5.41, 5.74) is 0. The SMILES string of the molecule is O=S(=O)(CCN1CCOC(Cn2cccn2)C1)c1ccccc1. The Morgan fingerprint density at radius 2 is 2.04 bits per heavy atom. The fourth-order valence-electron chi connectivity index (χ4n) is 2.71. The molecule has 1 saturated heterocycles. The molecule has 1 aromatic heterocycles. The lowest BCUT2D eigenvalue weighted by atomic mass is 10.2. The standard InChI is InChI=1S/C16H21N3O3S/c20-23(21,16-5-2-1-3-6-16)12-10-18-9-11-22-15(13-18)14-19-8-4-7-17-19/h1-8,15H,9-14H2. The number of rotatable bonds is 6. The first-order chi connectivity index (χ1) is 11.1. The molecule has 0 amide bonds. The van der Waals surface area contributed by atoms with Crippen molar-refractivity contribution in [1.29, 1.82) is 0 Å². The Hall–Kier alpha value is -1.70. The van der Waals surface area contributed by atoms with Gasteiger partial charge in [0.25, 0.3) is 0 Å². The van der Waals surface area contributed by atoms with Crippen LogP contribution in [0.4, 0.5) is 0 Å². The van der Waals surface area contributed by atoms with Gasteiger partial charge < -0.3 is 4.74 Å². The highest BCUT2D eigenvalue weighted by Gasteiger charge is 2.23. The quantitative estimate of drug-likeness (QED) is 0.790. The van der Waals surface area contributed by atoms with Crippen molar-refractivity contribution in [2.24, 2.45) is 0 Å². The van der Waals surface area contributed by atoms with Gasteiger partial charge in [-0.25, -0.2) is 8.42 Å². The van der Waals surface area contributed by atoms with Crippen LogP contribution in [-0.2, 0) is 21.1 Å². The zero-order valence-electron chi connectivity index (χ0n) is 12.9. The number of morpholine rings is 1. The Balaban J connectivity index is 1.54. The van der Waals surface area contributed by atoms with Crippen LogP contribution in [0.5, 0.6) is 0 Å². The molecule has 0 bridgehead atoms. The Labute approximate surface area is 136 Å². The second-order valence-electron chi connectivity index (χ2n) is 5.65. The van der Waals surface area contributed by atoms with E-state index in [1.165, 1.54) is 0 Å². The molecule has 0 aliphatic carbocycles. The Kier molecular flexibility index (Phi) is 5.09. The molecule has 1 aliphatic heterocycles. The molecule has 1 unspecified atom stereocenters. The lowest BCUT2D eigenvalue weighted by molar-refractivity contribution is -0.0355. The summed E-state index contributed by atoms with van der Waals surface area (Å²) in [6.07, 6.45) is 3.69. The van der Waals surface area contributed by atoms with Crippen LogP contribution < -0.4 is 0 Å². The number of hydrogen-bond acceptors (Lipinski definition) is 5. The summed E-state index contributed by atoms with van der Waals surface area (Å²) < 4.78 is 32.3. The molecular formula is C16H21N3O3S. The molecule has 0 radical (unpaired) electrons. The number of benzene rings is 1. The van der Waals surface area contributed by atoms with Crippen LogP contribution in [0.3, 0.4) is 0 Å². The molecule has 1 aliphatic rings. The minimum atomic E-state index is -3.23. The van der Waals surface area contributed by atoms with Crippen LogP contribution in [0.25, 0.3) is 0 Å². The third-order valence-electron chi connectivity index (χ3n) is 3.95. The molecule has 1 atom stereocenters. The second kappa shape index (κ2) is 7.25. The average molecular weight is 335 g/mol. The third kappa shape index (κ3) is 4.40. The van der Waals surface area contributed by atoms with Crippen LogP contribution in [0.2, 0.25) is 0 Å². The summed E-state index contributed by atoms with van der Waals surface area (Å²) in [6, 6.07) is 10.5. The van der Waals surface area contributed by atoms with Crippen molar-refractivity contribution in [3.63, 3.8) is 0 Å². The van der Waals surface area contributed by atoms with E-state index < -0.39 is 9.84 Å². The maximum atomic E-state index is 12.3. The van der Waals surface area contributed by atoms with Gasteiger partial charge in [-0.1, -0.05) is 18.2 Å². The Morgan fingerprint density at radius 3 is 2.78 bits per heavy atom. The lowest BCUT2D eigenvalue weighted by Crippen LogP contribution is -2.45. The molecule has 0 saturated carbocycles. The van der Waals surface area contributed by atoms with Gasteiger partial charge >= 0.3 is 0 Å². The number of ether oxygens (including phenoxy) is 1. The number of nitrogens with zero attached hydrogens (tertiary/aromatic N) is 3. The van der Waals surface area contributed by atoms with Gasteiger partial charge in [0.05, 0.1) is 29.9 Å². The van der Waals surface area contributed by atoms with E-state index in [0.29, 0.717) is 24.6 Å². The van der Waals surface area contributed by atoms with Crippen LogP contribution in [-0.4, -0.2) is 61.2 Å². The van der Waals surface area contributed by atoms with Gasteiger partial charge in [0.1, 0.15) is 0 Å². The van der Waals surface area contributed by atoms with Crippen molar-refractivity contribution in [3.8, 4) is 0 Å². The van der Waals surface area contributed by atoms with E-state index >= 15 is 0 Å². The van der Waals surface area contributed by atoms with E-state index in [-0.39, 0.29) is 11.9 Å². The van der Waals surface area contributed by atoms with E-state index in [1.54, 1.807) is 30.5 Å². The molecule has 0 N–H and O–H groups in total.